The zero-order valence-corrected chi connectivity index (χ0v) is 7.04. The molecule has 0 radical (unpaired) electrons. The lowest BCUT2D eigenvalue weighted by molar-refractivity contribution is -0.109. The van der Waals surface area contributed by atoms with Crippen LogP contribution in [-0.2, 0) is 4.79 Å². The van der Waals surface area contributed by atoms with Crippen LogP contribution in [0.3, 0.4) is 0 Å². The van der Waals surface area contributed by atoms with Gasteiger partial charge in [0.05, 0.1) is 5.92 Å². The third-order valence-corrected chi connectivity index (χ3v) is 2.19. The highest BCUT2D eigenvalue weighted by Crippen LogP contribution is 2.34. The molecule has 0 spiro atoms. The van der Waals surface area contributed by atoms with Crippen molar-refractivity contribution in [2.75, 3.05) is 6.61 Å². The highest BCUT2D eigenvalue weighted by atomic mass is 35.5. The fourth-order valence-electron chi connectivity index (χ4n) is 1.32. The van der Waals surface area contributed by atoms with E-state index in [1.165, 1.54) is 0 Å². The molecular formula is C9H7ClO2. The van der Waals surface area contributed by atoms with Crippen LogP contribution in [0.25, 0.3) is 0 Å². The molecule has 0 saturated heterocycles. The monoisotopic (exact) mass is 182 g/mol. The molecule has 0 saturated carbocycles. The maximum absolute atomic E-state index is 10.5. The van der Waals surface area contributed by atoms with Crippen molar-refractivity contribution in [3.05, 3.63) is 28.8 Å². The summed E-state index contributed by atoms with van der Waals surface area (Å²) in [5.74, 6) is 0.622. The van der Waals surface area contributed by atoms with Crippen molar-refractivity contribution in [1.82, 2.24) is 0 Å². The zero-order valence-electron chi connectivity index (χ0n) is 6.29. The summed E-state index contributed by atoms with van der Waals surface area (Å²) in [6.07, 6.45) is 0.903. The number of ether oxygens (including phenoxy) is 1. The van der Waals surface area contributed by atoms with E-state index in [-0.39, 0.29) is 5.92 Å². The van der Waals surface area contributed by atoms with Gasteiger partial charge in [-0.2, -0.15) is 0 Å². The Bertz CT molecular complexity index is 322. The number of rotatable bonds is 1. The molecule has 0 aliphatic carbocycles. The Hall–Kier alpha value is -1.02. The number of hydrogen-bond donors (Lipinski definition) is 0. The van der Waals surface area contributed by atoms with E-state index >= 15 is 0 Å². The first-order valence-electron chi connectivity index (χ1n) is 3.69. The van der Waals surface area contributed by atoms with Crippen molar-refractivity contribution in [1.29, 1.82) is 0 Å². The van der Waals surface area contributed by atoms with Crippen LogP contribution >= 0.6 is 11.6 Å². The number of carbonyl (C=O) groups excluding carboxylic acids is 1. The van der Waals surface area contributed by atoms with Gasteiger partial charge in [0.2, 0.25) is 0 Å². The lowest BCUT2D eigenvalue weighted by atomic mass is 10.0. The fourth-order valence-corrected chi connectivity index (χ4v) is 1.48. The third kappa shape index (κ3) is 1.08. The van der Waals surface area contributed by atoms with E-state index < -0.39 is 0 Å². The maximum Gasteiger partial charge on any atom is 0.131 e. The van der Waals surface area contributed by atoms with Crippen LogP contribution in [0.1, 0.15) is 11.5 Å². The molecule has 12 heavy (non-hydrogen) atoms. The summed E-state index contributed by atoms with van der Waals surface area (Å²) in [7, 11) is 0. The van der Waals surface area contributed by atoms with Crippen molar-refractivity contribution in [3.8, 4) is 5.75 Å². The Kier molecular flexibility index (Phi) is 1.77. The number of hydrogen-bond acceptors (Lipinski definition) is 2. The molecule has 1 aromatic carbocycles. The normalized spacial score (nSPS) is 19.9. The molecule has 1 aliphatic rings. The van der Waals surface area contributed by atoms with Crippen LogP contribution in [0.15, 0.2) is 18.2 Å². The van der Waals surface area contributed by atoms with Gasteiger partial charge in [-0.3, -0.25) is 0 Å². The zero-order chi connectivity index (χ0) is 8.55. The molecule has 0 bridgehead atoms. The third-order valence-electron chi connectivity index (χ3n) is 1.96. The standard InChI is InChI=1S/C9H7ClO2/c10-7-1-2-8-6(4-11)5-12-9(8)3-7/h1-4,6H,5H2. The van der Waals surface area contributed by atoms with Crippen LogP contribution in [0.5, 0.6) is 5.75 Å². The summed E-state index contributed by atoms with van der Waals surface area (Å²) in [4.78, 5) is 10.5. The average molecular weight is 183 g/mol. The topological polar surface area (TPSA) is 26.3 Å². The van der Waals surface area contributed by atoms with Crippen molar-refractivity contribution >= 4 is 17.9 Å². The van der Waals surface area contributed by atoms with Gasteiger partial charge in [0, 0.05) is 10.6 Å². The Morgan fingerprint density at radius 2 is 2.42 bits per heavy atom. The van der Waals surface area contributed by atoms with E-state index in [4.69, 9.17) is 16.3 Å². The number of carbonyl (C=O) groups is 1. The molecule has 2 nitrogen and oxygen atoms in total. The number of halogens is 1. The summed E-state index contributed by atoms with van der Waals surface area (Å²) < 4.78 is 5.27. The lowest BCUT2D eigenvalue weighted by Crippen LogP contribution is -2.00. The van der Waals surface area contributed by atoms with E-state index in [2.05, 4.69) is 0 Å². The van der Waals surface area contributed by atoms with Gasteiger partial charge >= 0.3 is 0 Å². The van der Waals surface area contributed by atoms with Crippen LogP contribution in [0, 0.1) is 0 Å². The summed E-state index contributed by atoms with van der Waals surface area (Å²) in [5, 5.41) is 0.639. The second-order valence-electron chi connectivity index (χ2n) is 2.74. The van der Waals surface area contributed by atoms with Gasteiger partial charge in [-0.15, -0.1) is 0 Å². The minimum absolute atomic E-state index is 0.114. The number of fused-ring (bicyclic) bond motifs is 1. The minimum Gasteiger partial charge on any atom is -0.492 e. The highest BCUT2D eigenvalue weighted by molar-refractivity contribution is 6.30. The summed E-state index contributed by atoms with van der Waals surface area (Å²) in [6, 6.07) is 5.34. The first kappa shape index (κ1) is 7.62. The first-order chi connectivity index (χ1) is 5.81. The Morgan fingerprint density at radius 1 is 1.58 bits per heavy atom. The van der Waals surface area contributed by atoms with Gasteiger partial charge in [0.15, 0.2) is 0 Å². The largest absolute Gasteiger partial charge is 0.492 e. The Morgan fingerprint density at radius 3 is 3.17 bits per heavy atom. The molecule has 2 rings (SSSR count). The Labute approximate surface area is 75.1 Å². The van der Waals surface area contributed by atoms with Crippen molar-refractivity contribution in [2.45, 2.75) is 5.92 Å². The predicted octanol–water partition coefficient (Wildman–Crippen LogP) is 2.01. The van der Waals surface area contributed by atoms with E-state index in [0.29, 0.717) is 11.6 Å². The van der Waals surface area contributed by atoms with Crippen LogP contribution in [0.2, 0.25) is 5.02 Å². The maximum atomic E-state index is 10.5. The molecule has 1 aromatic rings. The SMILES string of the molecule is O=CC1COc2cc(Cl)ccc21. The van der Waals surface area contributed by atoms with Gasteiger partial charge in [-0.25, -0.2) is 0 Å². The molecule has 0 amide bonds. The molecule has 0 aromatic heterocycles. The van der Waals surface area contributed by atoms with E-state index in [1.54, 1.807) is 12.1 Å². The number of benzene rings is 1. The van der Waals surface area contributed by atoms with Gasteiger partial charge in [-0.1, -0.05) is 17.7 Å². The first-order valence-corrected chi connectivity index (χ1v) is 4.06. The summed E-state index contributed by atoms with van der Waals surface area (Å²) >= 11 is 5.75. The van der Waals surface area contributed by atoms with Crippen molar-refractivity contribution in [3.63, 3.8) is 0 Å². The molecule has 1 unspecified atom stereocenters. The van der Waals surface area contributed by atoms with E-state index in [9.17, 15) is 4.79 Å². The highest BCUT2D eigenvalue weighted by Gasteiger charge is 2.23. The van der Waals surface area contributed by atoms with Gasteiger partial charge in [-0.05, 0) is 12.1 Å². The summed E-state index contributed by atoms with van der Waals surface area (Å²) in [6.45, 7) is 0.444. The molecule has 62 valence electrons. The quantitative estimate of drug-likeness (QED) is 0.622. The minimum atomic E-state index is -0.114. The second kappa shape index (κ2) is 2.79. The second-order valence-corrected chi connectivity index (χ2v) is 3.17. The Balaban J connectivity index is 2.47. The van der Waals surface area contributed by atoms with Gasteiger partial charge in [0.25, 0.3) is 0 Å². The molecule has 0 fully saturated rings. The lowest BCUT2D eigenvalue weighted by Gasteiger charge is -1.98. The number of aldehydes is 1. The molecule has 1 atom stereocenters. The molecular weight excluding hydrogens is 176 g/mol. The molecule has 0 N–H and O–H groups in total. The van der Waals surface area contributed by atoms with Gasteiger partial charge < -0.3 is 9.53 Å². The van der Waals surface area contributed by atoms with Gasteiger partial charge in [0.1, 0.15) is 18.6 Å². The van der Waals surface area contributed by atoms with Crippen LogP contribution < -0.4 is 4.74 Å². The van der Waals surface area contributed by atoms with Crippen molar-refractivity contribution < 1.29 is 9.53 Å². The predicted molar refractivity (Wildman–Crippen MR) is 45.8 cm³/mol. The smallest absolute Gasteiger partial charge is 0.131 e. The molecule has 1 heterocycles. The van der Waals surface area contributed by atoms with Crippen LogP contribution in [-0.4, -0.2) is 12.9 Å². The van der Waals surface area contributed by atoms with Crippen molar-refractivity contribution in [2.24, 2.45) is 0 Å². The molecule has 1 aliphatic heterocycles. The average Bonchev–Trinajstić information content (AvgIpc) is 2.46. The van der Waals surface area contributed by atoms with E-state index in [0.717, 1.165) is 17.6 Å². The molecule has 3 heteroatoms. The van der Waals surface area contributed by atoms with Crippen LogP contribution in [0.4, 0.5) is 0 Å². The fraction of sp³-hybridized carbons (Fsp3) is 0.222. The summed E-state index contributed by atoms with van der Waals surface area (Å²) in [5.41, 5.74) is 0.939. The van der Waals surface area contributed by atoms with E-state index in [1.807, 2.05) is 6.07 Å².